The summed E-state index contributed by atoms with van der Waals surface area (Å²) in [5.41, 5.74) is 6.71. The predicted octanol–water partition coefficient (Wildman–Crippen LogP) is 4.11. The number of nitrogens with two attached hydrogens (primary N) is 1. The highest BCUT2D eigenvalue weighted by Crippen LogP contribution is 2.38. The van der Waals surface area contributed by atoms with Crippen LogP contribution < -0.4 is 5.73 Å². The van der Waals surface area contributed by atoms with Crippen LogP contribution in [0.2, 0.25) is 0 Å². The number of fused-ring (bicyclic) bond motifs is 1. The fourth-order valence-electron chi connectivity index (χ4n) is 3.38. The largest absolute Gasteiger partial charge is 0.368 e. The fourth-order valence-corrected chi connectivity index (χ4v) is 6.23. The summed E-state index contributed by atoms with van der Waals surface area (Å²) in [4.78, 5) is 27.0. The molecule has 1 amide bonds. The first kappa shape index (κ1) is 22.8. The number of aromatic nitrogens is 5. The molecule has 0 radical (unpaired) electrons. The normalized spacial score (nSPS) is 11.7. The third-order valence-corrected chi connectivity index (χ3v) is 8.20. The highest BCUT2D eigenvalue weighted by molar-refractivity contribution is 7.99. The predicted molar refractivity (Wildman–Crippen MR) is 130 cm³/mol. The molecule has 0 saturated heterocycles. The van der Waals surface area contributed by atoms with Crippen LogP contribution in [0.5, 0.6) is 0 Å². The zero-order chi connectivity index (χ0) is 22.8. The average molecular weight is 488 g/mol. The van der Waals surface area contributed by atoms with Crippen LogP contribution in [0.15, 0.2) is 27.7 Å². The maximum atomic E-state index is 11.8. The summed E-state index contributed by atoms with van der Waals surface area (Å²) in [7, 11) is 0. The third kappa shape index (κ3) is 4.56. The second-order valence-electron chi connectivity index (χ2n) is 7.31. The molecule has 4 heterocycles. The first-order valence-electron chi connectivity index (χ1n) is 10.3. The van der Waals surface area contributed by atoms with Gasteiger partial charge in [-0.1, -0.05) is 19.9 Å². The molecule has 8 nitrogen and oxygen atoms in total. The van der Waals surface area contributed by atoms with Crippen molar-refractivity contribution in [3.05, 3.63) is 33.8 Å². The highest BCUT2D eigenvalue weighted by Gasteiger charge is 2.22. The Morgan fingerprint density at radius 3 is 2.66 bits per heavy atom. The number of carbonyl (C=O) groups excluding carboxylic acids is 1. The molecule has 0 aliphatic rings. The van der Waals surface area contributed by atoms with E-state index in [4.69, 9.17) is 15.7 Å². The lowest BCUT2D eigenvalue weighted by Crippen LogP contribution is -2.23. The Hall–Kier alpha value is -2.34. The zero-order valence-electron chi connectivity index (χ0n) is 18.5. The Kier molecular flexibility index (Phi) is 6.89. The summed E-state index contributed by atoms with van der Waals surface area (Å²) in [6.45, 7) is 11.0. The van der Waals surface area contributed by atoms with Gasteiger partial charge >= 0.3 is 0 Å². The van der Waals surface area contributed by atoms with E-state index in [0.29, 0.717) is 17.5 Å². The highest BCUT2D eigenvalue weighted by atomic mass is 32.2. The minimum absolute atomic E-state index is 0.00471. The third-order valence-electron chi connectivity index (χ3n) is 5.26. The lowest BCUT2D eigenvalue weighted by atomic mass is 10.2. The second-order valence-corrected chi connectivity index (χ2v) is 10.4. The molecule has 168 valence electrons. The molecule has 0 aliphatic heterocycles. The molecule has 0 fully saturated rings. The van der Waals surface area contributed by atoms with Crippen molar-refractivity contribution in [3.63, 3.8) is 0 Å². The number of nitrogens with zero attached hydrogens (tertiary/aromatic N) is 6. The summed E-state index contributed by atoms with van der Waals surface area (Å²) in [5.74, 6) is 0.972. The van der Waals surface area contributed by atoms with Gasteiger partial charge in [0.2, 0.25) is 5.91 Å². The van der Waals surface area contributed by atoms with E-state index in [-0.39, 0.29) is 6.54 Å². The van der Waals surface area contributed by atoms with Gasteiger partial charge in [0, 0.05) is 10.3 Å². The summed E-state index contributed by atoms with van der Waals surface area (Å²) in [5, 5.41) is 13.2. The van der Waals surface area contributed by atoms with E-state index in [0.717, 1.165) is 39.0 Å². The number of amides is 1. The average Bonchev–Trinajstić information content (AvgIpc) is 3.47. The van der Waals surface area contributed by atoms with Gasteiger partial charge in [-0.2, -0.15) is 0 Å². The smallest absolute Gasteiger partial charge is 0.237 e. The maximum absolute atomic E-state index is 11.8. The number of aryl methyl sites for hydroxylation is 2. The van der Waals surface area contributed by atoms with E-state index < -0.39 is 5.91 Å². The topological polar surface area (TPSA) is 103 Å². The van der Waals surface area contributed by atoms with Crippen LogP contribution >= 0.6 is 34.4 Å². The first-order valence-corrected chi connectivity index (χ1v) is 12.8. The van der Waals surface area contributed by atoms with E-state index in [1.807, 2.05) is 17.5 Å². The number of primary amides is 1. The van der Waals surface area contributed by atoms with Crippen LogP contribution in [0.4, 0.5) is 0 Å². The number of rotatable bonds is 9. The van der Waals surface area contributed by atoms with E-state index >= 15 is 0 Å². The van der Waals surface area contributed by atoms with Gasteiger partial charge in [0.1, 0.15) is 22.2 Å². The molecule has 0 spiro atoms. The van der Waals surface area contributed by atoms with Crippen LogP contribution in [-0.2, 0) is 17.9 Å². The second kappa shape index (κ2) is 9.65. The van der Waals surface area contributed by atoms with Gasteiger partial charge < -0.3 is 5.73 Å². The lowest BCUT2D eigenvalue weighted by molar-refractivity contribution is -0.118. The number of hydrogen-bond donors (Lipinski definition) is 1. The van der Waals surface area contributed by atoms with Crippen LogP contribution in [0.25, 0.3) is 20.9 Å². The van der Waals surface area contributed by atoms with Crippen LogP contribution in [-0.4, -0.2) is 48.6 Å². The quantitative estimate of drug-likeness (QED) is 0.354. The monoisotopic (exact) mass is 487 g/mol. The summed E-state index contributed by atoms with van der Waals surface area (Å²) < 4.78 is 1.77. The van der Waals surface area contributed by atoms with Gasteiger partial charge in [0.15, 0.2) is 11.0 Å². The minimum Gasteiger partial charge on any atom is -0.368 e. The molecular formula is C21H25N7OS3. The minimum atomic E-state index is -0.443. The van der Waals surface area contributed by atoms with Crippen LogP contribution in [0.1, 0.15) is 30.1 Å². The molecule has 0 atom stereocenters. The molecule has 0 bridgehead atoms. The van der Waals surface area contributed by atoms with E-state index in [1.165, 1.54) is 22.2 Å². The number of thiophene rings is 2. The van der Waals surface area contributed by atoms with Crippen molar-refractivity contribution < 1.29 is 4.79 Å². The standard InChI is InChI=1S/C21H25N7OS3/c1-5-27(6-2)11-16-23-19-17(12(3)13(4)31-19)20(24-16)32-21-26-25-18(14-8-7-9-30-14)28(21)10-15(22)29/h7-9H,5-6,10-11H2,1-4H3,(H2,22,29). The maximum Gasteiger partial charge on any atom is 0.237 e. The van der Waals surface area contributed by atoms with E-state index in [9.17, 15) is 4.79 Å². The molecule has 2 N–H and O–H groups in total. The summed E-state index contributed by atoms with van der Waals surface area (Å²) in [6.07, 6.45) is 0. The Bertz CT molecular complexity index is 1240. The molecular weight excluding hydrogens is 462 g/mol. The Balaban J connectivity index is 1.80. The molecule has 4 rings (SSSR count). The van der Waals surface area contributed by atoms with Gasteiger partial charge in [-0.05, 0) is 55.7 Å². The van der Waals surface area contributed by atoms with Gasteiger partial charge in [-0.25, -0.2) is 9.97 Å². The van der Waals surface area contributed by atoms with Crippen molar-refractivity contribution in [1.29, 1.82) is 0 Å². The fraction of sp³-hybridized carbons (Fsp3) is 0.381. The first-order chi connectivity index (χ1) is 15.4. The SMILES string of the molecule is CCN(CC)Cc1nc(Sc2nnc(-c3cccs3)n2CC(N)=O)c2c(C)c(C)sc2n1. The Morgan fingerprint density at radius 2 is 2.00 bits per heavy atom. The van der Waals surface area contributed by atoms with Crippen molar-refractivity contribution in [1.82, 2.24) is 29.6 Å². The Morgan fingerprint density at radius 1 is 1.22 bits per heavy atom. The number of carbonyl (C=O) groups is 1. The zero-order valence-corrected chi connectivity index (χ0v) is 20.9. The molecule has 0 unspecified atom stereocenters. The van der Waals surface area contributed by atoms with E-state index in [2.05, 4.69) is 42.8 Å². The molecule has 11 heteroatoms. The molecule has 0 aliphatic carbocycles. The van der Waals surface area contributed by atoms with Crippen molar-refractivity contribution >= 4 is 50.6 Å². The molecule has 0 saturated carbocycles. The van der Waals surface area contributed by atoms with Crippen LogP contribution in [0, 0.1) is 13.8 Å². The van der Waals surface area contributed by atoms with Gasteiger partial charge in [-0.15, -0.1) is 32.9 Å². The van der Waals surface area contributed by atoms with Gasteiger partial charge in [0.25, 0.3) is 0 Å². The number of hydrogen-bond acceptors (Lipinski definition) is 9. The molecule has 32 heavy (non-hydrogen) atoms. The van der Waals surface area contributed by atoms with Gasteiger partial charge in [-0.3, -0.25) is 14.3 Å². The summed E-state index contributed by atoms with van der Waals surface area (Å²) in [6, 6.07) is 3.90. The van der Waals surface area contributed by atoms with Crippen molar-refractivity contribution in [2.75, 3.05) is 13.1 Å². The van der Waals surface area contributed by atoms with Crippen molar-refractivity contribution in [3.8, 4) is 10.7 Å². The van der Waals surface area contributed by atoms with Crippen LogP contribution in [0.3, 0.4) is 0 Å². The lowest BCUT2D eigenvalue weighted by Gasteiger charge is -2.17. The molecule has 0 aromatic carbocycles. The van der Waals surface area contributed by atoms with Crippen molar-refractivity contribution in [2.45, 2.75) is 51.0 Å². The molecule has 4 aromatic heterocycles. The summed E-state index contributed by atoms with van der Waals surface area (Å²) >= 11 is 4.64. The van der Waals surface area contributed by atoms with Crippen molar-refractivity contribution in [2.24, 2.45) is 5.73 Å². The van der Waals surface area contributed by atoms with E-state index in [1.54, 1.807) is 27.2 Å². The molecule has 4 aromatic rings. The van der Waals surface area contributed by atoms with Gasteiger partial charge in [0.05, 0.1) is 11.4 Å². The Labute approximate surface area is 198 Å².